The zero-order chi connectivity index (χ0) is 19.0. The van der Waals surface area contributed by atoms with Crippen LogP contribution in [0, 0.1) is 18.7 Å². The van der Waals surface area contributed by atoms with E-state index in [1.807, 2.05) is 30.0 Å². The van der Waals surface area contributed by atoms with Gasteiger partial charge in [-0.05, 0) is 61.9 Å². The Morgan fingerprint density at radius 3 is 2.67 bits per heavy atom. The number of fused-ring (bicyclic) bond motifs is 1. The van der Waals surface area contributed by atoms with Crippen molar-refractivity contribution in [1.29, 1.82) is 0 Å². The molecule has 3 aromatic rings. The number of carbonyl (C=O) groups is 1. The van der Waals surface area contributed by atoms with Crippen molar-refractivity contribution in [2.24, 2.45) is 5.92 Å². The molecule has 0 spiro atoms. The van der Waals surface area contributed by atoms with Gasteiger partial charge in [-0.2, -0.15) is 0 Å². The van der Waals surface area contributed by atoms with Gasteiger partial charge in [0.2, 0.25) is 5.91 Å². The van der Waals surface area contributed by atoms with Crippen LogP contribution in [0.25, 0.3) is 10.9 Å². The predicted octanol–water partition coefficient (Wildman–Crippen LogP) is 4.99. The Bertz CT molecular complexity index is 959. The number of amides is 1. The maximum atomic E-state index is 13.7. The quantitative estimate of drug-likeness (QED) is 0.657. The van der Waals surface area contributed by atoms with Gasteiger partial charge in [-0.25, -0.2) is 4.39 Å². The highest BCUT2D eigenvalue weighted by molar-refractivity contribution is 5.90. The lowest BCUT2D eigenvalue weighted by Crippen LogP contribution is -2.40. The first kappa shape index (κ1) is 17.8. The molecule has 1 saturated carbocycles. The number of rotatable bonds is 6. The Labute approximate surface area is 159 Å². The molecule has 0 saturated heterocycles. The fourth-order valence-corrected chi connectivity index (χ4v) is 3.91. The summed E-state index contributed by atoms with van der Waals surface area (Å²) in [5.41, 5.74) is 3.85. The smallest absolute Gasteiger partial charge is 0.227 e. The molecule has 0 radical (unpaired) electrons. The Kier molecular flexibility index (Phi) is 4.73. The summed E-state index contributed by atoms with van der Waals surface area (Å²) in [6.45, 7) is 4.72. The molecule has 1 N–H and O–H groups in total. The van der Waals surface area contributed by atoms with Crippen molar-refractivity contribution in [2.75, 3.05) is 0 Å². The third kappa shape index (κ3) is 3.75. The maximum absolute atomic E-state index is 13.7. The molecular weight excluding hydrogens is 339 g/mol. The minimum Gasteiger partial charge on any atom is -0.358 e. The summed E-state index contributed by atoms with van der Waals surface area (Å²) in [7, 11) is 0. The number of hydrogen-bond acceptors (Lipinski definition) is 1. The fourth-order valence-electron chi connectivity index (χ4n) is 3.91. The van der Waals surface area contributed by atoms with Gasteiger partial charge < -0.3 is 9.88 Å². The second-order valence-corrected chi connectivity index (χ2v) is 7.68. The van der Waals surface area contributed by atoms with Gasteiger partial charge in [0.25, 0.3) is 0 Å². The van der Waals surface area contributed by atoms with Gasteiger partial charge >= 0.3 is 0 Å². The normalized spacial score (nSPS) is 15.1. The lowest BCUT2D eigenvalue weighted by atomic mass is 10.0. The van der Waals surface area contributed by atoms with E-state index in [4.69, 9.17) is 0 Å². The number of hydrogen-bond donors (Lipinski definition) is 1. The van der Waals surface area contributed by atoms with E-state index in [-0.39, 0.29) is 17.8 Å². The minimum absolute atomic E-state index is 0.103. The molecular formula is C23H25FN2O. The van der Waals surface area contributed by atoms with Crippen LogP contribution in [-0.2, 0) is 17.8 Å². The van der Waals surface area contributed by atoms with Crippen LogP contribution >= 0.6 is 0 Å². The van der Waals surface area contributed by atoms with Gasteiger partial charge in [-0.15, -0.1) is 0 Å². The van der Waals surface area contributed by atoms with Crippen LogP contribution in [-0.4, -0.2) is 21.8 Å². The Hall–Kier alpha value is -2.62. The van der Waals surface area contributed by atoms with E-state index < -0.39 is 0 Å². The van der Waals surface area contributed by atoms with E-state index in [1.165, 1.54) is 25.0 Å². The highest BCUT2D eigenvalue weighted by Gasteiger charge is 2.34. The second-order valence-electron chi connectivity index (χ2n) is 7.68. The van der Waals surface area contributed by atoms with Gasteiger partial charge in [0.05, 0.1) is 6.42 Å². The monoisotopic (exact) mass is 364 g/mol. The molecule has 1 unspecified atom stereocenters. The van der Waals surface area contributed by atoms with Gasteiger partial charge in [0, 0.05) is 29.2 Å². The zero-order valence-corrected chi connectivity index (χ0v) is 15.8. The van der Waals surface area contributed by atoms with Crippen LogP contribution in [0.15, 0.2) is 48.5 Å². The van der Waals surface area contributed by atoms with Crippen molar-refractivity contribution in [3.05, 3.63) is 71.2 Å². The number of nitrogens with one attached hydrogen (secondary N) is 1. The predicted molar refractivity (Wildman–Crippen MR) is 106 cm³/mol. The summed E-state index contributed by atoms with van der Waals surface area (Å²) in [6, 6.07) is 15.1. The summed E-state index contributed by atoms with van der Waals surface area (Å²) in [6.07, 6.45) is 2.67. The van der Waals surface area contributed by atoms with Gasteiger partial charge in [-0.1, -0.05) is 30.3 Å². The van der Waals surface area contributed by atoms with Gasteiger partial charge in [-0.3, -0.25) is 4.79 Å². The van der Waals surface area contributed by atoms with Crippen LogP contribution < -0.4 is 0 Å². The van der Waals surface area contributed by atoms with Crippen molar-refractivity contribution in [3.8, 4) is 0 Å². The summed E-state index contributed by atoms with van der Waals surface area (Å²) in [4.78, 5) is 18.6. The van der Waals surface area contributed by atoms with Crippen molar-refractivity contribution >= 4 is 16.8 Å². The Morgan fingerprint density at radius 1 is 1.22 bits per heavy atom. The number of halogens is 1. The summed E-state index contributed by atoms with van der Waals surface area (Å²) < 4.78 is 13.7. The average molecular weight is 364 g/mol. The van der Waals surface area contributed by atoms with Crippen LogP contribution in [0.5, 0.6) is 0 Å². The summed E-state index contributed by atoms with van der Waals surface area (Å²) in [5.74, 6) is 0.424. The third-order valence-corrected chi connectivity index (χ3v) is 5.72. The summed E-state index contributed by atoms with van der Waals surface area (Å²) >= 11 is 0. The molecule has 1 atom stereocenters. The molecule has 1 aliphatic carbocycles. The Balaban J connectivity index is 1.62. The lowest BCUT2D eigenvalue weighted by Gasteiger charge is -2.30. The molecule has 140 valence electrons. The molecule has 1 aromatic heterocycles. The van der Waals surface area contributed by atoms with Crippen molar-refractivity contribution < 1.29 is 9.18 Å². The Morgan fingerprint density at radius 2 is 1.96 bits per heavy atom. The van der Waals surface area contributed by atoms with E-state index in [2.05, 4.69) is 24.0 Å². The van der Waals surface area contributed by atoms with E-state index in [9.17, 15) is 9.18 Å². The van der Waals surface area contributed by atoms with Gasteiger partial charge in [0.1, 0.15) is 5.82 Å². The van der Waals surface area contributed by atoms with Crippen LogP contribution in [0.2, 0.25) is 0 Å². The SMILES string of the molecule is Cc1[nH]c2ccc(F)cc2c1CC(=O)N(Cc1ccccc1)C(C)C1CC1. The molecule has 1 aliphatic rings. The largest absolute Gasteiger partial charge is 0.358 e. The van der Waals surface area contributed by atoms with Gasteiger partial charge in [0.15, 0.2) is 0 Å². The molecule has 1 heterocycles. The maximum Gasteiger partial charge on any atom is 0.227 e. The topological polar surface area (TPSA) is 36.1 Å². The molecule has 1 fully saturated rings. The van der Waals surface area contributed by atoms with E-state index in [0.29, 0.717) is 18.9 Å². The number of carbonyl (C=O) groups excluding carboxylic acids is 1. The first-order valence-electron chi connectivity index (χ1n) is 9.63. The molecule has 27 heavy (non-hydrogen) atoms. The standard InChI is InChI=1S/C23H25FN2O/c1-15-20(21-12-19(24)10-11-22(21)25-15)13-23(27)26(16(2)18-8-9-18)14-17-6-4-3-5-7-17/h3-7,10-12,16,18,25H,8-9,13-14H2,1-2H3. The molecule has 3 nitrogen and oxygen atoms in total. The number of aromatic amines is 1. The zero-order valence-electron chi connectivity index (χ0n) is 15.8. The van der Waals surface area contributed by atoms with Crippen LogP contribution in [0.4, 0.5) is 4.39 Å². The second kappa shape index (κ2) is 7.18. The van der Waals surface area contributed by atoms with Crippen molar-refractivity contribution in [2.45, 2.75) is 45.7 Å². The van der Waals surface area contributed by atoms with E-state index >= 15 is 0 Å². The van der Waals surface area contributed by atoms with Crippen LogP contribution in [0.3, 0.4) is 0 Å². The number of aromatic nitrogens is 1. The number of nitrogens with zero attached hydrogens (tertiary/aromatic N) is 1. The fraction of sp³-hybridized carbons (Fsp3) is 0.348. The number of H-pyrrole nitrogens is 1. The highest BCUT2D eigenvalue weighted by Crippen LogP contribution is 2.36. The lowest BCUT2D eigenvalue weighted by molar-refractivity contribution is -0.133. The van der Waals surface area contributed by atoms with Crippen molar-refractivity contribution in [3.63, 3.8) is 0 Å². The number of aryl methyl sites for hydroxylation is 1. The van der Waals surface area contributed by atoms with E-state index in [1.54, 1.807) is 6.07 Å². The molecule has 4 heteroatoms. The molecule has 2 aromatic carbocycles. The molecule has 1 amide bonds. The first-order valence-corrected chi connectivity index (χ1v) is 9.63. The molecule has 0 aliphatic heterocycles. The molecule has 4 rings (SSSR count). The molecule has 0 bridgehead atoms. The van der Waals surface area contributed by atoms with E-state index in [0.717, 1.165) is 27.7 Å². The first-order chi connectivity index (χ1) is 13.0. The third-order valence-electron chi connectivity index (χ3n) is 5.72. The highest BCUT2D eigenvalue weighted by atomic mass is 19.1. The minimum atomic E-state index is -0.275. The number of benzene rings is 2. The van der Waals surface area contributed by atoms with Crippen molar-refractivity contribution in [1.82, 2.24) is 9.88 Å². The van der Waals surface area contributed by atoms with Crippen LogP contribution in [0.1, 0.15) is 36.6 Å². The summed E-state index contributed by atoms with van der Waals surface area (Å²) in [5, 5.41) is 0.805. The average Bonchev–Trinajstić information content (AvgIpc) is 3.47.